The Morgan fingerprint density at radius 3 is 2.42 bits per heavy atom. The van der Waals surface area contributed by atoms with Crippen molar-refractivity contribution in [2.24, 2.45) is 0 Å². The number of hydrogen-bond donors (Lipinski definition) is 1. The van der Waals surface area contributed by atoms with Crippen molar-refractivity contribution in [1.29, 1.82) is 0 Å². The molecule has 0 aliphatic carbocycles. The molecule has 5 rings (SSSR count). The first-order valence-electron chi connectivity index (χ1n) is 14.6. The minimum Gasteiger partial charge on any atom is -0.466 e. The van der Waals surface area contributed by atoms with Crippen LogP contribution in [-0.2, 0) is 38.4 Å². The number of aromatic nitrogens is 7. The predicted octanol–water partition coefficient (Wildman–Crippen LogP) is 5.46. The molecule has 0 aliphatic rings. The molecule has 224 valence electrons. The first-order chi connectivity index (χ1) is 21.1. The summed E-state index contributed by atoms with van der Waals surface area (Å²) in [6.07, 6.45) is 2.90. The standard InChI is InChI=1S/C32H37N7O4/c1-5-7-12-27-33-26-19-23(17-18-28(40)43-6-2)29(32(41-3)42-4)34-31(26)39(27)20-21-13-15-22(16-14-21)24-10-8-9-11-25(24)30-35-37-38-36-30/h8-11,13-16,19,32H,5-7,12,17-18,20H2,1-4H3,(H,35,36,37,38). The molecule has 11 nitrogen and oxygen atoms in total. The molecule has 0 radical (unpaired) electrons. The molecule has 11 heteroatoms. The second kappa shape index (κ2) is 14.1. The van der Waals surface area contributed by atoms with Crippen LogP contribution in [0.5, 0.6) is 0 Å². The molecule has 1 N–H and O–H groups in total. The molecule has 5 aromatic rings. The van der Waals surface area contributed by atoms with Gasteiger partial charge in [-0.25, -0.2) is 9.97 Å². The van der Waals surface area contributed by atoms with Gasteiger partial charge in [-0.1, -0.05) is 61.9 Å². The Balaban J connectivity index is 1.50. The number of H-pyrrole nitrogens is 1. The van der Waals surface area contributed by atoms with E-state index in [0.29, 0.717) is 31.1 Å². The van der Waals surface area contributed by atoms with Crippen molar-refractivity contribution < 1.29 is 19.0 Å². The van der Waals surface area contributed by atoms with E-state index in [1.54, 1.807) is 21.1 Å². The van der Waals surface area contributed by atoms with Crippen LogP contribution < -0.4 is 0 Å². The van der Waals surface area contributed by atoms with Gasteiger partial charge in [-0.15, -0.1) is 10.2 Å². The van der Waals surface area contributed by atoms with E-state index in [1.807, 2.05) is 24.3 Å². The van der Waals surface area contributed by atoms with Crippen LogP contribution in [0.15, 0.2) is 54.6 Å². The van der Waals surface area contributed by atoms with Crippen LogP contribution in [0, 0.1) is 0 Å². The lowest BCUT2D eigenvalue weighted by Crippen LogP contribution is -2.13. The molecule has 0 unspecified atom stereocenters. The molecule has 0 fully saturated rings. The van der Waals surface area contributed by atoms with Gasteiger partial charge in [0.1, 0.15) is 17.0 Å². The number of rotatable bonds is 14. The van der Waals surface area contributed by atoms with E-state index in [2.05, 4.69) is 62.4 Å². The second-order valence-corrected chi connectivity index (χ2v) is 10.2. The third-order valence-electron chi connectivity index (χ3n) is 7.34. The fourth-order valence-electron chi connectivity index (χ4n) is 5.21. The number of nitrogens with one attached hydrogen (secondary N) is 1. The van der Waals surface area contributed by atoms with Crippen LogP contribution in [0.25, 0.3) is 33.7 Å². The Morgan fingerprint density at radius 1 is 0.977 bits per heavy atom. The number of benzene rings is 2. The molecule has 3 heterocycles. The molecule has 3 aromatic heterocycles. The normalized spacial score (nSPS) is 11.5. The molecule has 2 aromatic carbocycles. The molecule has 0 spiro atoms. The number of fused-ring (bicyclic) bond motifs is 1. The van der Waals surface area contributed by atoms with E-state index < -0.39 is 6.29 Å². The molecular weight excluding hydrogens is 546 g/mol. The zero-order chi connectivity index (χ0) is 30.2. The van der Waals surface area contributed by atoms with E-state index >= 15 is 0 Å². The Morgan fingerprint density at radius 2 is 1.74 bits per heavy atom. The topological polar surface area (TPSA) is 130 Å². The number of nitrogens with zero attached hydrogens (tertiary/aromatic N) is 6. The summed E-state index contributed by atoms with van der Waals surface area (Å²) >= 11 is 0. The van der Waals surface area contributed by atoms with Gasteiger partial charge in [-0.05, 0) is 53.3 Å². The van der Waals surface area contributed by atoms with Gasteiger partial charge in [0.15, 0.2) is 5.65 Å². The van der Waals surface area contributed by atoms with Gasteiger partial charge in [-0.2, -0.15) is 5.21 Å². The van der Waals surface area contributed by atoms with Crippen LogP contribution >= 0.6 is 0 Å². The number of hydrogen-bond acceptors (Lipinski definition) is 9. The van der Waals surface area contributed by atoms with E-state index in [-0.39, 0.29) is 12.4 Å². The third kappa shape index (κ3) is 6.79. The Bertz CT molecular complexity index is 1640. The molecule has 0 amide bonds. The number of aryl methyl sites for hydroxylation is 2. The summed E-state index contributed by atoms with van der Waals surface area (Å²) in [7, 11) is 3.16. The van der Waals surface area contributed by atoms with Crippen molar-refractivity contribution in [1.82, 2.24) is 35.2 Å². The zero-order valence-corrected chi connectivity index (χ0v) is 25.0. The number of tetrazole rings is 1. The highest BCUT2D eigenvalue weighted by atomic mass is 16.7. The molecular formula is C32H37N7O4. The first kappa shape index (κ1) is 30.0. The lowest BCUT2D eigenvalue weighted by atomic mass is 9.98. The Hall–Kier alpha value is -4.48. The number of carbonyl (C=O) groups is 1. The van der Waals surface area contributed by atoms with Crippen molar-refractivity contribution in [3.05, 3.63) is 77.2 Å². The first-order valence-corrected chi connectivity index (χ1v) is 14.6. The van der Waals surface area contributed by atoms with Gasteiger partial charge in [0.2, 0.25) is 12.1 Å². The summed E-state index contributed by atoms with van der Waals surface area (Å²) in [5.41, 5.74) is 7.14. The lowest BCUT2D eigenvalue weighted by molar-refractivity contribution is -0.143. The highest BCUT2D eigenvalue weighted by Crippen LogP contribution is 2.31. The lowest BCUT2D eigenvalue weighted by Gasteiger charge is -2.17. The molecule has 0 bridgehead atoms. The summed E-state index contributed by atoms with van der Waals surface area (Å²) in [5.74, 6) is 1.27. The monoisotopic (exact) mass is 583 g/mol. The fraction of sp³-hybridized carbons (Fsp3) is 0.375. The maximum atomic E-state index is 12.1. The highest BCUT2D eigenvalue weighted by Gasteiger charge is 2.22. The fourth-order valence-corrected chi connectivity index (χ4v) is 5.21. The summed E-state index contributed by atoms with van der Waals surface area (Å²) in [6, 6.07) is 18.5. The Kier molecular flexibility index (Phi) is 9.85. The van der Waals surface area contributed by atoms with E-state index in [1.165, 1.54) is 0 Å². The van der Waals surface area contributed by atoms with Gasteiger partial charge >= 0.3 is 5.97 Å². The van der Waals surface area contributed by atoms with Gasteiger partial charge in [0.05, 0.1) is 13.2 Å². The summed E-state index contributed by atoms with van der Waals surface area (Å²) < 4.78 is 18.5. The molecule has 0 saturated carbocycles. The number of methoxy groups -OCH3 is 2. The number of esters is 1. The second-order valence-electron chi connectivity index (χ2n) is 10.2. The van der Waals surface area contributed by atoms with Crippen LogP contribution in [0.2, 0.25) is 0 Å². The van der Waals surface area contributed by atoms with Crippen LogP contribution in [0.1, 0.15) is 62.0 Å². The molecule has 0 saturated heterocycles. The third-order valence-corrected chi connectivity index (χ3v) is 7.34. The van der Waals surface area contributed by atoms with Gasteiger partial charge in [0, 0.05) is 32.6 Å². The number of carbonyl (C=O) groups excluding carboxylic acids is 1. The van der Waals surface area contributed by atoms with Gasteiger partial charge < -0.3 is 18.8 Å². The number of aromatic amines is 1. The van der Waals surface area contributed by atoms with E-state index in [9.17, 15) is 4.79 Å². The van der Waals surface area contributed by atoms with Gasteiger partial charge in [-0.3, -0.25) is 4.79 Å². The van der Waals surface area contributed by atoms with Gasteiger partial charge in [0.25, 0.3) is 0 Å². The number of ether oxygens (including phenoxy) is 3. The SMILES string of the molecule is CCCCc1nc2cc(CCC(=O)OCC)c(C(OC)OC)nc2n1Cc1ccc(-c2ccccc2-c2nn[nH]n2)cc1. The minimum atomic E-state index is -0.678. The van der Waals surface area contributed by atoms with Crippen molar-refractivity contribution in [2.45, 2.75) is 58.8 Å². The summed E-state index contributed by atoms with van der Waals surface area (Å²) in [5, 5.41) is 14.6. The maximum Gasteiger partial charge on any atom is 0.306 e. The molecule has 0 aliphatic heterocycles. The number of pyridine rings is 1. The van der Waals surface area contributed by atoms with Crippen LogP contribution in [0.3, 0.4) is 0 Å². The Labute approximate surface area is 250 Å². The number of unbranched alkanes of at least 4 members (excludes halogenated alkanes) is 1. The maximum absolute atomic E-state index is 12.1. The molecule has 43 heavy (non-hydrogen) atoms. The highest BCUT2D eigenvalue weighted by molar-refractivity contribution is 5.80. The van der Waals surface area contributed by atoms with Crippen molar-refractivity contribution in [3.63, 3.8) is 0 Å². The molecule has 0 atom stereocenters. The van der Waals surface area contributed by atoms with Crippen molar-refractivity contribution in [2.75, 3.05) is 20.8 Å². The van der Waals surface area contributed by atoms with E-state index in [4.69, 9.17) is 24.2 Å². The van der Waals surface area contributed by atoms with Crippen LogP contribution in [-0.4, -0.2) is 62.0 Å². The quantitative estimate of drug-likeness (QED) is 0.134. The van der Waals surface area contributed by atoms with Crippen molar-refractivity contribution >= 4 is 17.1 Å². The smallest absolute Gasteiger partial charge is 0.306 e. The number of imidazole rings is 1. The van der Waals surface area contributed by atoms with Crippen LogP contribution in [0.4, 0.5) is 0 Å². The zero-order valence-electron chi connectivity index (χ0n) is 25.0. The minimum absolute atomic E-state index is 0.236. The van der Waals surface area contributed by atoms with E-state index in [0.717, 1.165) is 64.1 Å². The average molecular weight is 584 g/mol. The van der Waals surface area contributed by atoms with Crippen molar-refractivity contribution in [3.8, 4) is 22.5 Å². The summed E-state index contributed by atoms with van der Waals surface area (Å²) in [6.45, 7) is 4.92. The largest absolute Gasteiger partial charge is 0.466 e. The summed E-state index contributed by atoms with van der Waals surface area (Å²) in [4.78, 5) is 22.2. The predicted molar refractivity (Wildman–Crippen MR) is 162 cm³/mol. The average Bonchev–Trinajstić information content (AvgIpc) is 3.68.